The number of aryl methyl sites for hydroxylation is 2. The minimum atomic E-state index is 0.484. The van der Waals surface area contributed by atoms with Crippen LogP contribution in [0.15, 0.2) is 28.7 Å². The highest BCUT2D eigenvalue weighted by atomic mass is 79.9. The molecule has 1 aromatic carbocycles. The largest absolute Gasteiger partial charge is 0.369 e. The number of aromatic nitrogens is 4. The van der Waals surface area contributed by atoms with Gasteiger partial charge in [0.25, 0.3) is 0 Å². The molecule has 0 saturated heterocycles. The molecule has 0 unspecified atom stereocenters. The summed E-state index contributed by atoms with van der Waals surface area (Å²) in [5, 5.41) is 4.56. The van der Waals surface area contributed by atoms with Crippen molar-refractivity contribution >= 4 is 33.0 Å². The predicted octanol–water partition coefficient (Wildman–Crippen LogP) is 3.06. The quantitative estimate of drug-likeness (QED) is 0.801. The molecule has 0 atom stereocenters. The molecule has 0 amide bonds. The summed E-state index contributed by atoms with van der Waals surface area (Å²) in [4.78, 5) is 4.51. The first-order chi connectivity index (χ1) is 9.63. The van der Waals surface area contributed by atoms with Crippen LogP contribution in [0.1, 0.15) is 19.0 Å². The smallest absolute Gasteiger partial charge is 0.207 e. The number of nitrogens with two attached hydrogens (primary N) is 1. The fourth-order valence-electron chi connectivity index (χ4n) is 2.47. The van der Waals surface area contributed by atoms with Crippen LogP contribution in [-0.4, -0.2) is 19.3 Å². The molecule has 3 aromatic rings. The van der Waals surface area contributed by atoms with Gasteiger partial charge in [0.05, 0.1) is 11.4 Å². The zero-order valence-electron chi connectivity index (χ0n) is 11.5. The van der Waals surface area contributed by atoms with Crippen molar-refractivity contribution in [1.29, 1.82) is 0 Å². The van der Waals surface area contributed by atoms with Crippen LogP contribution in [0.3, 0.4) is 0 Å². The summed E-state index contributed by atoms with van der Waals surface area (Å²) in [5.74, 6) is 0.484. The highest BCUT2D eigenvalue weighted by Crippen LogP contribution is 2.29. The molecule has 3 rings (SSSR count). The summed E-state index contributed by atoms with van der Waals surface area (Å²) in [5.41, 5.74) is 9.92. The molecule has 6 heteroatoms. The number of anilines is 1. The average Bonchev–Trinajstić information content (AvgIpc) is 2.89. The predicted molar refractivity (Wildman–Crippen MR) is 83.9 cm³/mol. The van der Waals surface area contributed by atoms with Gasteiger partial charge in [0, 0.05) is 11.5 Å². The molecule has 20 heavy (non-hydrogen) atoms. The molecule has 0 aliphatic heterocycles. The van der Waals surface area contributed by atoms with Gasteiger partial charge in [-0.25, -0.2) is 9.67 Å². The molecule has 0 spiro atoms. The maximum Gasteiger partial charge on any atom is 0.207 e. The normalized spacial score (nSPS) is 11.3. The number of hydrogen-bond donors (Lipinski definition) is 1. The summed E-state index contributed by atoms with van der Waals surface area (Å²) in [6, 6.07) is 7.95. The van der Waals surface area contributed by atoms with Crippen LogP contribution in [0.2, 0.25) is 0 Å². The minimum absolute atomic E-state index is 0.484. The second-order valence-corrected chi connectivity index (χ2v) is 5.60. The van der Waals surface area contributed by atoms with Crippen molar-refractivity contribution in [3.63, 3.8) is 0 Å². The summed E-state index contributed by atoms with van der Waals surface area (Å²) >= 11 is 3.57. The Bertz CT molecular complexity index is 771. The highest BCUT2D eigenvalue weighted by Gasteiger charge is 2.19. The zero-order valence-corrected chi connectivity index (χ0v) is 13.1. The van der Waals surface area contributed by atoms with Crippen LogP contribution in [0, 0.1) is 0 Å². The molecule has 2 heterocycles. The standard InChI is InChI=1S/C14H16BrN5/c1-3-6-10-12-13(19(2)18-10)20(14(16)17-12)11-8-5-4-7-9(11)15/h4-5,7-8H,3,6H2,1-2H3,(H2,16,17). The monoisotopic (exact) mass is 333 g/mol. The first kappa shape index (κ1) is 13.2. The van der Waals surface area contributed by atoms with E-state index in [0.717, 1.165) is 39.9 Å². The lowest BCUT2D eigenvalue weighted by atomic mass is 10.2. The maximum atomic E-state index is 6.12. The van der Waals surface area contributed by atoms with Crippen molar-refractivity contribution in [2.45, 2.75) is 19.8 Å². The van der Waals surface area contributed by atoms with Gasteiger partial charge >= 0.3 is 0 Å². The van der Waals surface area contributed by atoms with Crippen LogP contribution in [0.4, 0.5) is 5.95 Å². The number of benzene rings is 1. The molecule has 0 fully saturated rings. The van der Waals surface area contributed by atoms with Crippen molar-refractivity contribution in [3.05, 3.63) is 34.4 Å². The van der Waals surface area contributed by atoms with Crippen molar-refractivity contribution in [1.82, 2.24) is 19.3 Å². The maximum absolute atomic E-state index is 6.12. The second kappa shape index (κ2) is 4.94. The molecule has 0 radical (unpaired) electrons. The van der Waals surface area contributed by atoms with E-state index >= 15 is 0 Å². The first-order valence-electron chi connectivity index (χ1n) is 6.58. The molecule has 0 aliphatic rings. The van der Waals surface area contributed by atoms with E-state index in [1.807, 2.05) is 40.6 Å². The van der Waals surface area contributed by atoms with Crippen LogP contribution in [0.5, 0.6) is 0 Å². The Kier molecular flexibility index (Phi) is 3.25. The summed E-state index contributed by atoms with van der Waals surface area (Å²) in [6.45, 7) is 2.13. The minimum Gasteiger partial charge on any atom is -0.369 e. The fraction of sp³-hybridized carbons (Fsp3) is 0.286. The van der Waals surface area contributed by atoms with Gasteiger partial charge in [0.15, 0.2) is 5.65 Å². The number of hydrogen-bond acceptors (Lipinski definition) is 3. The molecule has 0 bridgehead atoms. The molecule has 2 N–H and O–H groups in total. The molecule has 2 aromatic heterocycles. The first-order valence-corrected chi connectivity index (χ1v) is 7.37. The zero-order chi connectivity index (χ0) is 14.3. The Hall–Kier alpha value is -1.82. The lowest BCUT2D eigenvalue weighted by Crippen LogP contribution is -2.05. The molecule has 5 nitrogen and oxygen atoms in total. The van der Waals surface area contributed by atoms with Crippen LogP contribution in [0.25, 0.3) is 16.9 Å². The van der Waals surface area contributed by atoms with Crippen LogP contribution < -0.4 is 5.73 Å². The molecule has 0 saturated carbocycles. The van der Waals surface area contributed by atoms with E-state index < -0.39 is 0 Å². The fourth-order valence-corrected chi connectivity index (χ4v) is 2.93. The Morgan fingerprint density at radius 1 is 1.30 bits per heavy atom. The average molecular weight is 334 g/mol. The number of nitrogen functional groups attached to an aromatic ring is 1. The SMILES string of the molecule is CCCc1nn(C)c2c1nc(N)n2-c1ccccc1Br. The van der Waals surface area contributed by atoms with Gasteiger partial charge in [-0.1, -0.05) is 25.5 Å². The van der Waals surface area contributed by atoms with E-state index in [0.29, 0.717) is 5.95 Å². The molecular weight excluding hydrogens is 318 g/mol. The van der Waals surface area contributed by atoms with E-state index in [2.05, 4.69) is 32.9 Å². The van der Waals surface area contributed by atoms with E-state index in [4.69, 9.17) is 5.73 Å². The summed E-state index contributed by atoms with van der Waals surface area (Å²) in [7, 11) is 1.93. The van der Waals surface area contributed by atoms with Gasteiger partial charge in [-0.15, -0.1) is 0 Å². The topological polar surface area (TPSA) is 61.7 Å². The Labute approximate surface area is 125 Å². The van der Waals surface area contributed by atoms with Crippen molar-refractivity contribution in [2.24, 2.45) is 7.05 Å². The number of nitrogens with zero attached hydrogens (tertiary/aromatic N) is 4. The van der Waals surface area contributed by atoms with Crippen molar-refractivity contribution in [2.75, 3.05) is 5.73 Å². The van der Waals surface area contributed by atoms with Gasteiger partial charge in [-0.3, -0.25) is 4.57 Å². The summed E-state index contributed by atoms with van der Waals surface area (Å²) < 4.78 is 4.76. The third-order valence-electron chi connectivity index (χ3n) is 3.31. The lowest BCUT2D eigenvalue weighted by molar-refractivity contribution is 0.737. The van der Waals surface area contributed by atoms with E-state index in [-0.39, 0.29) is 0 Å². The van der Waals surface area contributed by atoms with Crippen molar-refractivity contribution < 1.29 is 0 Å². The Morgan fingerprint density at radius 2 is 2.05 bits per heavy atom. The lowest BCUT2D eigenvalue weighted by Gasteiger charge is -2.08. The van der Waals surface area contributed by atoms with Crippen LogP contribution >= 0.6 is 15.9 Å². The number of fused-ring (bicyclic) bond motifs is 1. The van der Waals surface area contributed by atoms with Gasteiger partial charge in [0.1, 0.15) is 5.52 Å². The van der Waals surface area contributed by atoms with Crippen LogP contribution in [-0.2, 0) is 13.5 Å². The van der Waals surface area contributed by atoms with Gasteiger partial charge in [-0.2, -0.15) is 5.10 Å². The Balaban J connectivity index is 2.31. The Morgan fingerprint density at radius 3 is 2.75 bits per heavy atom. The third kappa shape index (κ3) is 1.91. The third-order valence-corrected chi connectivity index (χ3v) is 3.98. The molecule has 0 aliphatic carbocycles. The van der Waals surface area contributed by atoms with Crippen molar-refractivity contribution in [3.8, 4) is 5.69 Å². The van der Waals surface area contributed by atoms with E-state index in [1.54, 1.807) is 0 Å². The second-order valence-electron chi connectivity index (χ2n) is 4.75. The number of rotatable bonds is 3. The van der Waals surface area contributed by atoms with E-state index in [1.165, 1.54) is 0 Å². The van der Waals surface area contributed by atoms with E-state index in [9.17, 15) is 0 Å². The van der Waals surface area contributed by atoms with Gasteiger partial charge in [-0.05, 0) is 34.5 Å². The summed E-state index contributed by atoms with van der Waals surface area (Å²) in [6.07, 6.45) is 1.94. The number of imidazole rings is 1. The van der Waals surface area contributed by atoms with Gasteiger partial charge < -0.3 is 5.73 Å². The molecular formula is C14H16BrN5. The number of para-hydroxylation sites is 1. The molecule has 104 valence electrons. The number of halogens is 1. The van der Waals surface area contributed by atoms with Gasteiger partial charge in [0.2, 0.25) is 5.95 Å². The highest BCUT2D eigenvalue weighted by molar-refractivity contribution is 9.10.